The lowest BCUT2D eigenvalue weighted by molar-refractivity contribution is 0.0975. The van der Waals surface area contributed by atoms with Gasteiger partial charge in [0.05, 0.1) is 6.10 Å². The first kappa shape index (κ1) is 16.2. The molecule has 0 N–H and O–H groups in total. The minimum atomic E-state index is -3.61. The molecule has 0 spiro atoms. The van der Waals surface area contributed by atoms with E-state index < -0.39 is 7.82 Å². The van der Waals surface area contributed by atoms with Crippen molar-refractivity contribution in [2.75, 3.05) is 7.11 Å². The maximum Gasteiger partial charge on any atom is 0.530 e. The third-order valence-electron chi connectivity index (χ3n) is 3.53. The fraction of sp³-hybridized carbons (Fsp3) is 0.533. The van der Waals surface area contributed by atoms with E-state index in [1.807, 2.05) is 0 Å². The van der Waals surface area contributed by atoms with Crippen molar-refractivity contribution < 1.29 is 22.9 Å². The highest BCUT2D eigenvalue weighted by molar-refractivity contribution is 7.48. The molecule has 1 aliphatic rings. The van der Waals surface area contributed by atoms with Crippen molar-refractivity contribution in [3.05, 3.63) is 29.8 Å². The summed E-state index contributed by atoms with van der Waals surface area (Å²) in [6, 6.07) is 6.43. The fourth-order valence-corrected chi connectivity index (χ4v) is 3.49. The van der Waals surface area contributed by atoms with Crippen LogP contribution in [0.4, 0.5) is 0 Å². The van der Waals surface area contributed by atoms with Gasteiger partial charge in [-0.05, 0) is 44.0 Å². The number of ketones is 1. The number of hydrogen-bond donors (Lipinski definition) is 0. The van der Waals surface area contributed by atoms with E-state index in [4.69, 9.17) is 13.6 Å². The minimum Gasteiger partial charge on any atom is -0.404 e. The van der Waals surface area contributed by atoms with Crippen molar-refractivity contribution in [2.45, 2.75) is 45.1 Å². The second kappa shape index (κ2) is 7.21. The molecule has 0 aromatic heterocycles. The molecule has 116 valence electrons. The second-order valence-electron chi connectivity index (χ2n) is 5.17. The lowest BCUT2D eigenvalue weighted by atomic mass is 9.98. The molecule has 21 heavy (non-hydrogen) atoms. The van der Waals surface area contributed by atoms with Crippen LogP contribution in [0.2, 0.25) is 0 Å². The Kier molecular flexibility index (Phi) is 5.57. The normalized spacial score (nSPS) is 19.0. The van der Waals surface area contributed by atoms with Crippen molar-refractivity contribution in [1.82, 2.24) is 0 Å². The lowest BCUT2D eigenvalue weighted by Gasteiger charge is -2.25. The summed E-state index contributed by atoms with van der Waals surface area (Å²) in [5.41, 5.74) is 0.572. The summed E-state index contributed by atoms with van der Waals surface area (Å²) in [5.74, 6) is 0.330. The first-order valence-electron chi connectivity index (χ1n) is 7.17. The van der Waals surface area contributed by atoms with E-state index in [2.05, 4.69) is 0 Å². The third kappa shape index (κ3) is 4.67. The predicted octanol–water partition coefficient (Wildman–Crippen LogP) is 4.37. The van der Waals surface area contributed by atoms with E-state index in [1.165, 1.54) is 20.5 Å². The Morgan fingerprint density at radius 1 is 1.14 bits per heavy atom. The smallest absolute Gasteiger partial charge is 0.404 e. The van der Waals surface area contributed by atoms with Crippen LogP contribution >= 0.6 is 7.82 Å². The van der Waals surface area contributed by atoms with Crippen molar-refractivity contribution in [1.29, 1.82) is 0 Å². The Bertz CT molecular complexity index is 519. The van der Waals surface area contributed by atoms with Gasteiger partial charge < -0.3 is 4.52 Å². The zero-order valence-electron chi connectivity index (χ0n) is 12.4. The van der Waals surface area contributed by atoms with Crippen molar-refractivity contribution in [3.63, 3.8) is 0 Å². The molecule has 1 aromatic carbocycles. The van der Waals surface area contributed by atoms with Gasteiger partial charge in [0.25, 0.3) is 0 Å². The van der Waals surface area contributed by atoms with Gasteiger partial charge in [-0.2, -0.15) is 0 Å². The van der Waals surface area contributed by atoms with E-state index in [0.29, 0.717) is 11.3 Å². The standard InChI is InChI=1S/C15H21O5P/c1-12(16)13-8-10-15(11-9-13)20-21(17,18-2)19-14-6-4-3-5-7-14/h8-11,14H,3-7H2,1-2H3. The number of phosphoric acid groups is 1. The first-order valence-corrected chi connectivity index (χ1v) is 8.63. The molecular weight excluding hydrogens is 291 g/mol. The van der Waals surface area contributed by atoms with Crippen molar-refractivity contribution in [2.24, 2.45) is 0 Å². The predicted molar refractivity (Wildman–Crippen MR) is 79.6 cm³/mol. The zero-order chi connectivity index (χ0) is 15.3. The number of phosphoric ester groups is 1. The summed E-state index contributed by atoms with van der Waals surface area (Å²) in [4.78, 5) is 11.2. The van der Waals surface area contributed by atoms with Crippen LogP contribution in [0.5, 0.6) is 5.75 Å². The number of rotatable bonds is 6. The molecule has 0 saturated heterocycles. The van der Waals surface area contributed by atoms with Gasteiger partial charge >= 0.3 is 7.82 Å². The monoisotopic (exact) mass is 312 g/mol. The van der Waals surface area contributed by atoms with Crippen LogP contribution in [-0.4, -0.2) is 19.0 Å². The second-order valence-corrected chi connectivity index (χ2v) is 6.82. The van der Waals surface area contributed by atoms with E-state index >= 15 is 0 Å². The topological polar surface area (TPSA) is 61.8 Å². The molecular formula is C15H21O5P. The quantitative estimate of drug-likeness (QED) is 0.576. The molecule has 0 bridgehead atoms. The van der Waals surface area contributed by atoms with Gasteiger partial charge in [0.15, 0.2) is 5.78 Å². The highest BCUT2D eigenvalue weighted by Crippen LogP contribution is 2.51. The highest BCUT2D eigenvalue weighted by atomic mass is 31.2. The number of carbonyl (C=O) groups is 1. The lowest BCUT2D eigenvalue weighted by Crippen LogP contribution is -2.17. The van der Waals surface area contributed by atoms with Gasteiger partial charge in [-0.1, -0.05) is 19.3 Å². The average Bonchev–Trinajstić information content (AvgIpc) is 2.48. The van der Waals surface area contributed by atoms with Crippen LogP contribution in [0.25, 0.3) is 0 Å². The highest BCUT2D eigenvalue weighted by Gasteiger charge is 2.32. The van der Waals surface area contributed by atoms with Crippen LogP contribution in [0, 0.1) is 0 Å². The Hall–Kier alpha value is -1.16. The van der Waals surface area contributed by atoms with Gasteiger partial charge in [-0.25, -0.2) is 4.57 Å². The summed E-state index contributed by atoms with van der Waals surface area (Å²) in [6.45, 7) is 1.49. The van der Waals surface area contributed by atoms with Gasteiger partial charge in [0.1, 0.15) is 5.75 Å². The van der Waals surface area contributed by atoms with Gasteiger partial charge in [0.2, 0.25) is 0 Å². The number of Topliss-reactive ketones (excluding diaryl/α,β-unsaturated/α-hetero) is 1. The molecule has 6 heteroatoms. The van der Waals surface area contributed by atoms with Gasteiger partial charge in [0, 0.05) is 12.7 Å². The molecule has 1 aromatic rings. The van der Waals surface area contributed by atoms with E-state index in [0.717, 1.165) is 25.7 Å². The molecule has 2 rings (SSSR count). The Morgan fingerprint density at radius 3 is 2.29 bits per heavy atom. The van der Waals surface area contributed by atoms with E-state index in [9.17, 15) is 9.36 Å². The molecule has 0 radical (unpaired) electrons. The third-order valence-corrected chi connectivity index (χ3v) is 4.97. The molecule has 0 aliphatic heterocycles. The largest absolute Gasteiger partial charge is 0.530 e. The van der Waals surface area contributed by atoms with Crippen LogP contribution in [0.3, 0.4) is 0 Å². The SMILES string of the molecule is COP(=O)(Oc1ccc(C(C)=O)cc1)OC1CCCCC1. The average molecular weight is 312 g/mol. The molecule has 1 fully saturated rings. The Labute approximate surface area is 125 Å². The maximum absolute atomic E-state index is 12.5. The van der Waals surface area contributed by atoms with E-state index in [1.54, 1.807) is 24.3 Å². The summed E-state index contributed by atoms with van der Waals surface area (Å²) in [7, 11) is -2.30. The zero-order valence-corrected chi connectivity index (χ0v) is 13.3. The molecule has 1 aliphatic carbocycles. The number of carbonyl (C=O) groups excluding carboxylic acids is 1. The number of benzene rings is 1. The first-order chi connectivity index (χ1) is 10.0. The summed E-state index contributed by atoms with van der Waals surface area (Å²) >= 11 is 0. The molecule has 1 unspecified atom stereocenters. The molecule has 1 atom stereocenters. The fourth-order valence-electron chi connectivity index (χ4n) is 2.33. The van der Waals surface area contributed by atoms with Crippen LogP contribution in [0.15, 0.2) is 24.3 Å². The summed E-state index contributed by atoms with van der Waals surface area (Å²) in [6.07, 6.45) is 4.99. The van der Waals surface area contributed by atoms with Crippen molar-refractivity contribution >= 4 is 13.6 Å². The van der Waals surface area contributed by atoms with Crippen LogP contribution in [0.1, 0.15) is 49.4 Å². The maximum atomic E-state index is 12.5. The van der Waals surface area contributed by atoms with Crippen LogP contribution < -0.4 is 4.52 Å². The number of hydrogen-bond acceptors (Lipinski definition) is 5. The molecule has 1 saturated carbocycles. The summed E-state index contributed by atoms with van der Waals surface area (Å²) in [5, 5.41) is 0. The van der Waals surface area contributed by atoms with Gasteiger partial charge in [-0.3, -0.25) is 13.8 Å². The van der Waals surface area contributed by atoms with Crippen LogP contribution in [-0.2, 0) is 13.6 Å². The molecule has 0 heterocycles. The minimum absolute atomic E-state index is 0.0325. The Balaban J connectivity index is 2.02. The Morgan fingerprint density at radius 2 is 1.76 bits per heavy atom. The van der Waals surface area contributed by atoms with Crippen molar-refractivity contribution in [3.8, 4) is 5.75 Å². The molecule has 5 nitrogen and oxygen atoms in total. The summed E-state index contributed by atoms with van der Waals surface area (Å²) < 4.78 is 28.4. The van der Waals surface area contributed by atoms with E-state index in [-0.39, 0.29) is 11.9 Å². The van der Waals surface area contributed by atoms with Gasteiger partial charge in [-0.15, -0.1) is 0 Å². The molecule has 0 amide bonds.